The Balaban J connectivity index is 1.92. The minimum absolute atomic E-state index is 0.433. The van der Waals surface area contributed by atoms with Crippen LogP contribution in [-0.2, 0) is 0 Å². The lowest BCUT2D eigenvalue weighted by Gasteiger charge is -2.10. The Bertz CT molecular complexity index is 455. The molecule has 0 fully saturated rings. The zero-order valence-electron chi connectivity index (χ0n) is 9.21. The molecule has 17 heavy (non-hydrogen) atoms. The molecule has 2 rings (SSSR count). The van der Waals surface area contributed by atoms with Crippen LogP contribution in [0.15, 0.2) is 59.5 Å². The van der Waals surface area contributed by atoms with Crippen LogP contribution in [0.5, 0.6) is 0 Å². The fourth-order valence-corrected chi connectivity index (χ4v) is 2.47. The van der Waals surface area contributed by atoms with Gasteiger partial charge in [-0.3, -0.25) is 0 Å². The minimum atomic E-state index is -0.433. The third-order valence-corrected chi connectivity index (χ3v) is 3.75. The third-order valence-electron chi connectivity index (χ3n) is 2.41. The van der Waals surface area contributed by atoms with Gasteiger partial charge in [-0.05, 0) is 29.8 Å². The molecule has 0 aliphatic heterocycles. The van der Waals surface area contributed by atoms with Crippen LogP contribution in [-0.4, -0.2) is 10.9 Å². The summed E-state index contributed by atoms with van der Waals surface area (Å²) in [4.78, 5) is 1.12. The summed E-state index contributed by atoms with van der Waals surface area (Å²) in [6.07, 6.45) is -0.433. The second-order valence-electron chi connectivity index (χ2n) is 3.69. The molecule has 1 nitrogen and oxygen atoms in total. The summed E-state index contributed by atoms with van der Waals surface area (Å²) in [6, 6.07) is 17.3. The number of halogens is 1. The monoisotopic (exact) mass is 264 g/mol. The van der Waals surface area contributed by atoms with Gasteiger partial charge in [0.15, 0.2) is 0 Å². The van der Waals surface area contributed by atoms with Crippen LogP contribution in [0.3, 0.4) is 0 Å². The van der Waals surface area contributed by atoms with Crippen molar-refractivity contribution in [1.29, 1.82) is 0 Å². The molecule has 1 N–H and O–H groups in total. The molecule has 0 aliphatic rings. The molecule has 0 radical (unpaired) electrons. The van der Waals surface area contributed by atoms with Crippen LogP contribution in [0.1, 0.15) is 11.7 Å². The molecule has 0 heterocycles. The first-order valence-electron chi connectivity index (χ1n) is 5.37. The lowest BCUT2D eigenvalue weighted by atomic mass is 10.1. The molecule has 0 unspecified atom stereocenters. The highest BCUT2D eigenvalue weighted by molar-refractivity contribution is 7.99. The number of hydrogen-bond acceptors (Lipinski definition) is 2. The first-order chi connectivity index (χ1) is 8.25. The van der Waals surface area contributed by atoms with E-state index < -0.39 is 6.10 Å². The molecular formula is C14H13ClOS. The number of rotatable bonds is 4. The Kier molecular flexibility index (Phi) is 4.49. The second-order valence-corrected chi connectivity index (χ2v) is 5.22. The Hall–Kier alpha value is -0.960. The molecule has 0 spiro atoms. The first kappa shape index (κ1) is 12.5. The lowest BCUT2D eigenvalue weighted by Crippen LogP contribution is -1.99. The van der Waals surface area contributed by atoms with Gasteiger partial charge in [-0.1, -0.05) is 41.9 Å². The molecule has 2 aromatic carbocycles. The van der Waals surface area contributed by atoms with Crippen molar-refractivity contribution in [3.05, 3.63) is 65.2 Å². The predicted octanol–water partition coefficient (Wildman–Crippen LogP) is 4.17. The normalized spacial score (nSPS) is 12.4. The van der Waals surface area contributed by atoms with Crippen molar-refractivity contribution >= 4 is 23.4 Å². The van der Waals surface area contributed by atoms with Crippen molar-refractivity contribution < 1.29 is 5.11 Å². The van der Waals surface area contributed by atoms with Gasteiger partial charge in [-0.15, -0.1) is 11.8 Å². The highest BCUT2D eigenvalue weighted by atomic mass is 35.5. The molecule has 0 saturated carbocycles. The first-order valence-corrected chi connectivity index (χ1v) is 6.73. The van der Waals surface area contributed by atoms with Crippen LogP contribution in [0.25, 0.3) is 0 Å². The van der Waals surface area contributed by atoms with Gasteiger partial charge in [-0.2, -0.15) is 0 Å². The Morgan fingerprint density at radius 1 is 1.00 bits per heavy atom. The van der Waals surface area contributed by atoms with E-state index in [1.165, 1.54) is 0 Å². The highest BCUT2D eigenvalue weighted by Gasteiger charge is 2.07. The highest BCUT2D eigenvalue weighted by Crippen LogP contribution is 2.25. The fraction of sp³-hybridized carbons (Fsp3) is 0.143. The zero-order chi connectivity index (χ0) is 12.1. The second kappa shape index (κ2) is 6.10. The van der Waals surface area contributed by atoms with Gasteiger partial charge in [0.05, 0.1) is 6.10 Å². The van der Waals surface area contributed by atoms with E-state index in [0.717, 1.165) is 15.5 Å². The van der Waals surface area contributed by atoms with Gasteiger partial charge in [0.1, 0.15) is 0 Å². The molecule has 0 aliphatic carbocycles. The largest absolute Gasteiger partial charge is 0.388 e. The van der Waals surface area contributed by atoms with E-state index in [0.29, 0.717) is 5.75 Å². The average Bonchev–Trinajstić information content (AvgIpc) is 2.39. The van der Waals surface area contributed by atoms with E-state index in [2.05, 4.69) is 0 Å². The predicted molar refractivity (Wildman–Crippen MR) is 73.6 cm³/mol. The topological polar surface area (TPSA) is 20.2 Å². The number of benzene rings is 2. The van der Waals surface area contributed by atoms with Crippen LogP contribution in [0.2, 0.25) is 5.02 Å². The van der Waals surface area contributed by atoms with E-state index in [4.69, 9.17) is 11.6 Å². The number of aliphatic hydroxyl groups excluding tert-OH is 1. The molecule has 1 atom stereocenters. The number of hydrogen-bond donors (Lipinski definition) is 1. The molecular weight excluding hydrogens is 252 g/mol. The van der Waals surface area contributed by atoms with E-state index in [9.17, 15) is 5.11 Å². The van der Waals surface area contributed by atoms with Gasteiger partial charge < -0.3 is 5.11 Å². The van der Waals surface area contributed by atoms with Crippen molar-refractivity contribution in [3.8, 4) is 0 Å². The summed E-state index contributed by atoms with van der Waals surface area (Å²) in [7, 11) is 0. The quantitative estimate of drug-likeness (QED) is 0.837. The molecule has 2 aromatic rings. The van der Waals surface area contributed by atoms with Crippen LogP contribution in [0, 0.1) is 0 Å². The van der Waals surface area contributed by atoms with Crippen LogP contribution < -0.4 is 0 Å². The number of thioether (sulfide) groups is 1. The minimum Gasteiger partial charge on any atom is -0.388 e. The maximum atomic E-state index is 9.99. The van der Waals surface area contributed by atoms with E-state index in [-0.39, 0.29) is 0 Å². The Morgan fingerprint density at radius 3 is 2.29 bits per heavy atom. The summed E-state index contributed by atoms with van der Waals surface area (Å²) >= 11 is 7.44. The molecule has 0 amide bonds. The van der Waals surface area contributed by atoms with Crippen molar-refractivity contribution in [2.75, 3.05) is 5.75 Å². The van der Waals surface area contributed by atoms with Crippen LogP contribution in [0.4, 0.5) is 0 Å². The van der Waals surface area contributed by atoms with E-state index >= 15 is 0 Å². The van der Waals surface area contributed by atoms with Crippen LogP contribution >= 0.6 is 23.4 Å². The molecule has 88 valence electrons. The van der Waals surface area contributed by atoms with Gasteiger partial charge in [-0.25, -0.2) is 0 Å². The molecule has 0 aromatic heterocycles. The van der Waals surface area contributed by atoms with Crippen molar-refractivity contribution in [2.24, 2.45) is 0 Å². The standard InChI is InChI=1S/C14H13ClOS/c15-12-6-8-13(9-7-12)17-10-14(16)11-4-2-1-3-5-11/h1-9,14,16H,10H2/t14-/m0/s1. The fourth-order valence-electron chi connectivity index (χ4n) is 1.48. The van der Waals surface area contributed by atoms with Crippen molar-refractivity contribution in [3.63, 3.8) is 0 Å². The summed E-state index contributed by atoms with van der Waals surface area (Å²) in [5, 5.41) is 10.7. The Labute approximate surface area is 110 Å². The maximum absolute atomic E-state index is 9.99. The van der Waals surface area contributed by atoms with E-state index in [1.54, 1.807) is 11.8 Å². The van der Waals surface area contributed by atoms with Gasteiger partial charge in [0.2, 0.25) is 0 Å². The molecule has 0 saturated heterocycles. The lowest BCUT2D eigenvalue weighted by molar-refractivity contribution is 0.204. The van der Waals surface area contributed by atoms with Crippen molar-refractivity contribution in [1.82, 2.24) is 0 Å². The smallest absolute Gasteiger partial charge is 0.0883 e. The number of aliphatic hydroxyl groups is 1. The SMILES string of the molecule is O[C@@H](CSc1ccc(Cl)cc1)c1ccccc1. The summed E-state index contributed by atoms with van der Waals surface area (Å²) < 4.78 is 0. The zero-order valence-corrected chi connectivity index (χ0v) is 10.8. The van der Waals surface area contributed by atoms with Gasteiger partial charge >= 0.3 is 0 Å². The molecule has 3 heteroatoms. The van der Waals surface area contributed by atoms with Crippen molar-refractivity contribution in [2.45, 2.75) is 11.0 Å². The van der Waals surface area contributed by atoms with E-state index in [1.807, 2.05) is 54.6 Å². The maximum Gasteiger partial charge on any atom is 0.0883 e. The third kappa shape index (κ3) is 3.77. The van der Waals surface area contributed by atoms with Gasteiger partial charge in [0, 0.05) is 15.7 Å². The average molecular weight is 265 g/mol. The summed E-state index contributed by atoms with van der Waals surface area (Å²) in [5.74, 6) is 0.644. The Morgan fingerprint density at radius 2 is 1.65 bits per heavy atom. The summed E-state index contributed by atoms with van der Waals surface area (Å²) in [5.41, 5.74) is 0.953. The van der Waals surface area contributed by atoms with Gasteiger partial charge in [0.25, 0.3) is 0 Å². The molecule has 0 bridgehead atoms. The summed E-state index contributed by atoms with van der Waals surface area (Å²) in [6.45, 7) is 0.